The summed E-state index contributed by atoms with van der Waals surface area (Å²) >= 11 is 3.43. The fourth-order valence-electron chi connectivity index (χ4n) is 3.06. The molecule has 0 aromatic carbocycles. The molecule has 0 radical (unpaired) electrons. The van der Waals surface area contributed by atoms with Gasteiger partial charge in [0.25, 0.3) is 5.91 Å². The van der Waals surface area contributed by atoms with Crippen LogP contribution in [-0.2, 0) is 4.79 Å². The minimum Gasteiger partial charge on any atom is -0.312 e. The molecule has 2 aliphatic rings. The molecule has 0 aliphatic carbocycles. The first-order valence-electron chi connectivity index (χ1n) is 7.18. The standard InChI is InChI=1S/C15H18BrN3O2/c1-8-4-5-18-12(6-8)14(20)19(15(18)21)13-9(2)7-11(16)10(3)17-13/h7-8,12H,4-6H2,1-3H3. The van der Waals surface area contributed by atoms with Gasteiger partial charge in [-0.15, -0.1) is 0 Å². The average molecular weight is 352 g/mol. The number of piperidine rings is 1. The lowest BCUT2D eigenvalue weighted by Gasteiger charge is -2.30. The predicted octanol–water partition coefficient (Wildman–Crippen LogP) is 3.03. The van der Waals surface area contributed by atoms with Gasteiger partial charge in [0, 0.05) is 11.0 Å². The fourth-order valence-corrected chi connectivity index (χ4v) is 3.49. The van der Waals surface area contributed by atoms with E-state index in [0.29, 0.717) is 18.3 Å². The summed E-state index contributed by atoms with van der Waals surface area (Å²) in [5.41, 5.74) is 1.59. The van der Waals surface area contributed by atoms with Crippen molar-refractivity contribution >= 4 is 33.7 Å². The second-order valence-corrected chi connectivity index (χ2v) is 6.85. The highest BCUT2D eigenvalue weighted by molar-refractivity contribution is 9.10. The molecule has 2 fully saturated rings. The number of hydrogen-bond acceptors (Lipinski definition) is 3. The molecule has 2 unspecified atom stereocenters. The van der Waals surface area contributed by atoms with Gasteiger partial charge in [0.2, 0.25) is 0 Å². The van der Waals surface area contributed by atoms with Crippen molar-refractivity contribution in [3.8, 4) is 0 Å². The van der Waals surface area contributed by atoms with Crippen LogP contribution in [0, 0.1) is 19.8 Å². The van der Waals surface area contributed by atoms with E-state index >= 15 is 0 Å². The van der Waals surface area contributed by atoms with E-state index in [9.17, 15) is 9.59 Å². The van der Waals surface area contributed by atoms with E-state index in [4.69, 9.17) is 0 Å². The molecule has 6 heteroatoms. The lowest BCUT2D eigenvalue weighted by molar-refractivity contribution is -0.120. The number of halogens is 1. The number of carbonyl (C=O) groups is 2. The van der Waals surface area contributed by atoms with Crippen molar-refractivity contribution < 1.29 is 9.59 Å². The van der Waals surface area contributed by atoms with Crippen LogP contribution in [0.5, 0.6) is 0 Å². The third kappa shape index (κ3) is 2.25. The van der Waals surface area contributed by atoms with Gasteiger partial charge in [-0.2, -0.15) is 0 Å². The van der Waals surface area contributed by atoms with Crippen molar-refractivity contribution in [2.75, 3.05) is 11.4 Å². The first kappa shape index (κ1) is 14.5. The number of aromatic nitrogens is 1. The molecular formula is C15H18BrN3O2. The summed E-state index contributed by atoms with van der Waals surface area (Å²) < 4.78 is 0.884. The summed E-state index contributed by atoms with van der Waals surface area (Å²) in [6.45, 7) is 6.51. The number of imide groups is 1. The molecule has 3 heterocycles. The van der Waals surface area contributed by atoms with Crippen LogP contribution in [0.2, 0.25) is 0 Å². The number of carbonyl (C=O) groups excluding carboxylic acids is 2. The predicted molar refractivity (Wildman–Crippen MR) is 83.2 cm³/mol. The third-order valence-electron chi connectivity index (χ3n) is 4.33. The fraction of sp³-hybridized carbons (Fsp3) is 0.533. The van der Waals surface area contributed by atoms with Crippen molar-refractivity contribution in [3.05, 3.63) is 21.8 Å². The van der Waals surface area contributed by atoms with Crippen LogP contribution in [0.25, 0.3) is 0 Å². The second kappa shape index (κ2) is 5.09. The van der Waals surface area contributed by atoms with Crippen molar-refractivity contribution in [1.82, 2.24) is 9.88 Å². The zero-order valence-corrected chi connectivity index (χ0v) is 14.0. The van der Waals surface area contributed by atoms with E-state index in [0.717, 1.165) is 28.6 Å². The summed E-state index contributed by atoms with van der Waals surface area (Å²) in [7, 11) is 0. The van der Waals surface area contributed by atoms with E-state index in [1.165, 1.54) is 4.90 Å². The van der Waals surface area contributed by atoms with Crippen LogP contribution in [-0.4, -0.2) is 34.4 Å². The number of anilines is 1. The number of amides is 3. The van der Waals surface area contributed by atoms with Gasteiger partial charge in [-0.25, -0.2) is 14.7 Å². The molecule has 0 N–H and O–H groups in total. The van der Waals surface area contributed by atoms with E-state index in [1.54, 1.807) is 4.90 Å². The molecule has 2 atom stereocenters. The summed E-state index contributed by atoms with van der Waals surface area (Å²) in [5, 5.41) is 0. The van der Waals surface area contributed by atoms with Gasteiger partial charge in [0.15, 0.2) is 0 Å². The van der Waals surface area contributed by atoms with E-state index in [-0.39, 0.29) is 18.0 Å². The molecule has 2 saturated heterocycles. The van der Waals surface area contributed by atoms with Crippen LogP contribution in [0.1, 0.15) is 31.0 Å². The first-order chi connectivity index (χ1) is 9.90. The van der Waals surface area contributed by atoms with Crippen LogP contribution < -0.4 is 4.90 Å². The van der Waals surface area contributed by atoms with Crippen LogP contribution in [0.3, 0.4) is 0 Å². The second-order valence-electron chi connectivity index (χ2n) is 5.99. The Morgan fingerprint density at radius 2 is 2.05 bits per heavy atom. The number of pyridine rings is 1. The average Bonchev–Trinajstić information content (AvgIpc) is 2.66. The Bertz CT molecular complexity index is 632. The lowest BCUT2D eigenvalue weighted by Crippen LogP contribution is -2.41. The summed E-state index contributed by atoms with van der Waals surface area (Å²) in [5.74, 6) is 0.806. The minimum absolute atomic E-state index is 0.135. The Morgan fingerprint density at radius 3 is 2.76 bits per heavy atom. The Kier molecular flexibility index (Phi) is 3.51. The van der Waals surface area contributed by atoms with Crippen molar-refractivity contribution in [1.29, 1.82) is 0 Å². The van der Waals surface area contributed by atoms with Gasteiger partial charge >= 0.3 is 6.03 Å². The summed E-state index contributed by atoms with van der Waals surface area (Å²) in [6.07, 6.45) is 1.70. The Morgan fingerprint density at radius 1 is 1.33 bits per heavy atom. The number of urea groups is 1. The lowest BCUT2D eigenvalue weighted by atomic mass is 9.93. The SMILES string of the molecule is Cc1cc(Br)c(C)nc1N1C(=O)C2CC(C)CCN2C1=O. The normalized spacial score (nSPS) is 25.5. The maximum Gasteiger partial charge on any atom is 0.333 e. The van der Waals surface area contributed by atoms with E-state index in [2.05, 4.69) is 27.8 Å². The number of fused-ring (bicyclic) bond motifs is 1. The molecule has 2 aliphatic heterocycles. The Labute approximate surface area is 132 Å². The van der Waals surface area contributed by atoms with Gasteiger partial charge in [-0.3, -0.25) is 4.79 Å². The molecule has 0 saturated carbocycles. The summed E-state index contributed by atoms with van der Waals surface area (Å²) in [6, 6.07) is 1.36. The maximum absolute atomic E-state index is 12.7. The van der Waals surface area contributed by atoms with Gasteiger partial charge in [-0.1, -0.05) is 6.92 Å². The molecule has 1 aromatic rings. The smallest absolute Gasteiger partial charge is 0.312 e. The molecule has 21 heavy (non-hydrogen) atoms. The monoisotopic (exact) mass is 351 g/mol. The van der Waals surface area contributed by atoms with Crippen molar-refractivity contribution in [3.63, 3.8) is 0 Å². The van der Waals surface area contributed by atoms with Gasteiger partial charge in [-0.05, 0) is 60.2 Å². The number of nitrogens with zero attached hydrogens (tertiary/aromatic N) is 3. The van der Waals surface area contributed by atoms with Crippen LogP contribution in [0.4, 0.5) is 10.6 Å². The quantitative estimate of drug-likeness (QED) is 0.730. The molecule has 0 bridgehead atoms. The number of aryl methyl sites for hydroxylation is 2. The molecular weight excluding hydrogens is 334 g/mol. The first-order valence-corrected chi connectivity index (χ1v) is 7.97. The van der Waals surface area contributed by atoms with E-state index in [1.807, 2.05) is 19.9 Å². The highest BCUT2D eigenvalue weighted by atomic mass is 79.9. The largest absolute Gasteiger partial charge is 0.333 e. The minimum atomic E-state index is -0.314. The highest BCUT2D eigenvalue weighted by Crippen LogP contribution is 2.34. The van der Waals surface area contributed by atoms with Crippen molar-refractivity contribution in [2.24, 2.45) is 5.92 Å². The third-order valence-corrected chi connectivity index (χ3v) is 5.14. The topological polar surface area (TPSA) is 53.5 Å². The highest BCUT2D eigenvalue weighted by Gasteiger charge is 2.48. The zero-order valence-electron chi connectivity index (χ0n) is 12.4. The zero-order chi connectivity index (χ0) is 15.3. The van der Waals surface area contributed by atoms with Gasteiger partial charge < -0.3 is 4.90 Å². The van der Waals surface area contributed by atoms with Crippen LogP contribution >= 0.6 is 15.9 Å². The Hall–Kier alpha value is -1.43. The number of rotatable bonds is 1. The molecule has 0 spiro atoms. The van der Waals surface area contributed by atoms with Gasteiger partial charge in [0.1, 0.15) is 11.9 Å². The molecule has 1 aromatic heterocycles. The van der Waals surface area contributed by atoms with Crippen LogP contribution in [0.15, 0.2) is 10.5 Å². The van der Waals surface area contributed by atoms with E-state index < -0.39 is 0 Å². The molecule has 3 rings (SSSR count). The van der Waals surface area contributed by atoms with Gasteiger partial charge in [0.05, 0.1) is 5.69 Å². The summed E-state index contributed by atoms with van der Waals surface area (Å²) in [4.78, 5) is 32.6. The molecule has 112 valence electrons. The Balaban J connectivity index is 2.01. The number of hydrogen-bond donors (Lipinski definition) is 0. The van der Waals surface area contributed by atoms with Crippen molar-refractivity contribution in [2.45, 2.75) is 39.7 Å². The molecule has 5 nitrogen and oxygen atoms in total. The molecule has 3 amide bonds. The maximum atomic E-state index is 12.7.